The number of benzene rings is 1. The molecule has 3 unspecified atom stereocenters. The molecule has 3 heterocycles. The quantitative estimate of drug-likeness (QED) is 0.639. The van der Waals surface area contributed by atoms with Gasteiger partial charge in [0, 0.05) is 24.3 Å². The van der Waals surface area contributed by atoms with Crippen LogP contribution in [0.25, 0.3) is 0 Å². The Kier molecular flexibility index (Phi) is 4.88. The summed E-state index contributed by atoms with van der Waals surface area (Å²) in [5.41, 5.74) is 1.32. The number of fused-ring (bicyclic) bond motifs is 1. The Balaban J connectivity index is 1.77. The van der Waals surface area contributed by atoms with Crippen molar-refractivity contribution in [2.24, 2.45) is 5.92 Å². The molecule has 2 fully saturated rings. The molecule has 1 amide bonds. The van der Waals surface area contributed by atoms with Crippen LogP contribution in [-0.2, 0) is 4.79 Å². The predicted molar refractivity (Wildman–Crippen MR) is 99.5 cm³/mol. The van der Waals surface area contributed by atoms with Crippen molar-refractivity contribution in [3.8, 4) is 0 Å². The highest BCUT2D eigenvalue weighted by Gasteiger charge is 2.53. The average Bonchev–Trinajstić information content (AvgIpc) is 3.24. The number of aliphatic hydroxyl groups excluding tert-OH is 1. The summed E-state index contributed by atoms with van der Waals surface area (Å²) < 4.78 is 0. The number of hydrazine groups is 1. The minimum absolute atomic E-state index is 0.0794. The third-order valence-electron chi connectivity index (χ3n) is 4.97. The van der Waals surface area contributed by atoms with Crippen LogP contribution < -0.4 is 0 Å². The first-order valence-corrected chi connectivity index (χ1v) is 10.1. The van der Waals surface area contributed by atoms with Crippen LogP contribution in [0.5, 0.6) is 0 Å². The Morgan fingerprint density at radius 3 is 2.88 bits per heavy atom. The van der Waals surface area contributed by atoms with E-state index in [1.54, 1.807) is 23.3 Å². The van der Waals surface area contributed by atoms with E-state index >= 15 is 0 Å². The molecule has 1 aromatic heterocycles. The number of carbonyl (C=O) groups is 1. The van der Waals surface area contributed by atoms with Crippen molar-refractivity contribution in [2.45, 2.75) is 23.7 Å². The molecular weight excluding hydrogens is 372 g/mol. The number of aliphatic hydroxyl groups is 1. The number of hydrogen-bond donors (Lipinski definition) is 1. The van der Waals surface area contributed by atoms with Crippen molar-refractivity contribution in [2.75, 3.05) is 19.3 Å². The fourth-order valence-corrected chi connectivity index (χ4v) is 4.43. The summed E-state index contributed by atoms with van der Waals surface area (Å²) in [6.07, 6.45) is 3.53. The second-order valence-electron chi connectivity index (χ2n) is 6.38. The van der Waals surface area contributed by atoms with Crippen LogP contribution in [0.1, 0.15) is 29.8 Å². The summed E-state index contributed by atoms with van der Waals surface area (Å²) >= 11 is 7.73. The molecule has 0 spiro atoms. The molecule has 1 aromatic carbocycles. The molecule has 136 valence electrons. The van der Waals surface area contributed by atoms with Crippen LogP contribution >= 0.6 is 23.4 Å². The SMILES string of the molecule is CSc1nccc(C2C(C(O)c3ccccc3Cl)C(=O)N3CCCN23)n1. The van der Waals surface area contributed by atoms with Gasteiger partial charge in [-0.15, -0.1) is 0 Å². The van der Waals surface area contributed by atoms with Crippen molar-refractivity contribution in [3.05, 3.63) is 52.8 Å². The minimum atomic E-state index is -1.00. The lowest BCUT2D eigenvalue weighted by Gasteiger charge is -2.27. The molecule has 2 aliphatic heterocycles. The van der Waals surface area contributed by atoms with Crippen LogP contribution in [-0.4, -0.2) is 50.3 Å². The highest BCUT2D eigenvalue weighted by molar-refractivity contribution is 7.98. The molecule has 0 aliphatic carbocycles. The van der Waals surface area contributed by atoms with Crippen LogP contribution in [0.15, 0.2) is 41.7 Å². The lowest BCUT2D eigenvalue weighted by Crippen LogP contribution is -2.33. The van der Waals surface area contributed by atoms with Gasteiger partial charge in [-0.2, -0.15) is 0 Å². The standard InChI is InChI=1S/C18H19ClN4O2S/c1-26-18-20-8-7-13(21-18)15-14(17(25)23-10-4-9-22(15)23)16(24)11-5-2-3-6-12(11)19/h2-3,5-8,14-16,24H,4,9-10H2,1H3. The molecule has 0 bridgehead atoms. The van der Waals surface area contributed by atoms with Crippen LogP contribution in [0.3, 0.4) is 0 Å². The third-order valence-corrected chi connectivity index (χ3v) is 5.88. The number of hydrogen-bond acceptors (Lipinski definition) is 6. The molecule has 0 radical (unpaired) electrons. The van der Waals surface area contributed by atoms with Gasteiger partial charge in [0.05, 0.1) is 23.8 Å². The molecule has 4 rings (SSSR count). The van der Waals surface area contributed by atoms with E-state index in [1.165, 1.54) is 11.8 Å². The van der Waals surface area contributed by atoms with Crippen molar-refractivity contribution in [1.82, 2.24) is 20.0 Å². The predicted octanol–water partition coefficient (Wildman–Crippen LogP) is 2.71. The van der Waals surface area contributed by atoms with Crippen molar-refractivity contribution in [1.29, 1.82) is 0 Å². The van der Waals surface area contributed by atoms with Crippen molar-refractivity contribution < 1.29 is 9.90 Å². The number of aromatic nitrogens is 2. The Morgan fingerprint density at radius 2 is 2.12 bits per heavy atom. The van der Waals surface area contributed by atoms with E-state index in [4.69, 9.17) is 11.6 Å². The summed E-state index contributed by atoms with van der Waals surface area (Å²) in [6.45, 7) is 1.43. The Bertz CT molecular complexity index is 836. The van der Waals surface area contributed by atoms with Gasteiger partial charge >= 0.3 is 0 Å². The van der Waals surface area contributed by atoms with Gasteiger partial charge < -0.3 is 5.11 Å². The first-order chi connectivity index (χ1) is 12.6. The molecule has 2 aliphatic rings. The van der Waals surface area contributed by atoms with E-state index in [2.05, 4.69) is 9.97 Å². The van der Waals surface area contributed by atoms with Crippen molar-refractivity contribution in [3.63, 3.8) is 0 Å². The maximum absolute atomic E-state index is 13.1. The highest BCUT2D eigenvalue weighted by Crippen LogP contribution is 2.46. The maximum Gasteiger partial charge on any atom is 0.245 e. The zero-order chi connectivity index (χ0) is 18.3. The second kappa shape index (κ2) is 7.15. The highest BCUT2D eigenvalue weighted by atomic mass is 35.5. The summed E-state index contributed by atoms with van der Waals surface area (Å²) in [5.74, 6) is -0.732. The van der Waals surface area contributed by atoms with E-state index in [0.717, 1.165) is 18.7 Å². The average molecular weight is 391 g/mol. The number of carbonyl (C=O) groups excluding carboxylic acids is 1. The van der Waals surface area contributed by atoms with Crippen molar-refractivity contribution >= 4 is 29.3 Å². The van der Waals surface area contributed by atoms with Gasteiger partial charge in [-0.1, -0.05) is 41.6 Å². The topological polar surface area (TPSA) is 69.6 Å². The Hall–Kier alpha value is -1.67. The molecule has 1 N–H and O–H groups in total. The number of rotatable bonds is 4. The number of halogens is 1. The van der Waals surface area contributed by atoms with Crippen LogP contribution in [0.2, 0.25) is 5.02 Å². The Labute approximate surface area is 161 Å². The zero-order valence-corrected chi connectivity index (χ0v) is 15.8. The zero-order valence-electron chi connectivity index (χ0n) is 14.2. The normalized spacial score (nSPS) is 24.1. The van der Waals surface area contributed by atoms with Crippen LogP contribution in [0.4, 0.5) is 0 Å². The molecule has 2 saturated heterocycles. The number of thioether (sulfide) groups is 1. The summed E-state index contributed by atoms with van der Waals surface area (Å²) in [7, 11) is 0. The van der Waals surface area contributed by atoms with E-state index in [1.807, 2.05) is 29.5 Å². The largest absolute Gasteiger partial charge is 0.387 e. The fraction of sp³-hybridized carbons (Fsp3) is 0.389. The fourth-order valence-electron chi connectivity index (χ4n) is 3.82. The molecule has 8 heteroatoms. The smallest absolute Gasteiger partial charge is 0.245 e. The second-order valence-corrected chi connectivity index (χ2v) is 7.56. The van der Waals surface area contributed by atoms with E-state index < -0.39 is 12.0 Å². The molecule has 6 nitrogen and oxygen atoms in total. The Morgan fingerprint density at radius 1 is 1.31 bits per heavy atom. The molecule has 26 heavy (non-hydrogen) atoms. The van der Waals surface area contributed by atoms with Gasteiger partial charge in [0.25, 0.3) is 0 Å². The lowest BCUT2D eigenvalue weighted by molar-refractivity contribution is -0.138. The van der Waals surface area contributed by atoms with Gasteiger partial charge in [-0.25, -0.2) is 15.0 Å². The van der Waals surface area contributed by atoms with Gasteiger partial charge in [0.2, 0.25) is 5.91 Å². The van der Waals surface area contributed by atoms with E-state index in [-0.39, 0.29) is 11.9 Å². The summed E-state index contributed by atoms with van der Waals surface area (Å²) in [5, 5.41) is 16.0. The maximum atomic E-state index is 13.1. The molecule has 0 saturated carbocycles. The number of nitrogens with zero attached hydrogens (tertiary/aromatic N) is 4. The van der Waals surface area contributed by atoms with Gasteiger partial charge in [0.1, 0.15) is 0 Å². The summed E-state index contributed by atoms with van der Waals surface area (Å²) in [4.78, 5) is 21.9. The summed E-state index contributed by atoms with van der Waals surface area (Å²) in [6, 6.07) is 8.62. The minimum Gasteiger partial charge on any atom is -0.387 e. The first-order valence-electron chi connectivity index (χ1n) is 8.49. The lowest BCUT2D eigenvalue weighted by atomic mass is 9.87. The van der Waals surface area contributed by atoms with E-state index in [0.29, 0.717) is 22.3 Å². The first kappa shape index (κ1) is 17.7. The number of amides is 1. The third kappa shape index (κ3) is 2.89. The molecule has 2 aromatic rings. The van der Waals surface area contributed by atoms with Crippen LogP contribution in [0, 0.1) is 5.92 Å². The molecular formula is C18H19ClN4O2S. The van der Waals surface area contributed by atoms with Gasteiger partial charge in [-0.3, -0.25) is 9.80 Å². The van der Waals surface area contributed by atoms with Gasteiger partial charge in [0.15, 0.2) is 5.16 Å². The molecule has 3 atom stereocenters. The van der Waals surface area contributed by atoms with E-state index in [9.17, 15) is 9.90 Å². The van der Waals surface area contributed by atoms with Gasteiger partial charge in [-0.05, 0) is 30.4 Å². The monoisotopic (exact) mass is 390 g/mol.